The van der Waals surface area contributed by atoms with Gasteiger partial charge in [0.15, 0.2) is 0 Å². The maximum Gasteiger partial charge on any atom is 0.255 e. The van der Waals surface area contributed by atoms with E-state index in [1.807, 2.05) is 38.1 Å². The van der Waals surface area contributed by atoms with Crippen LogP contribution < -0.4 is 26.0 Å². The zero-order valence-corrected chi connectivity index (χ0v) is 25.2. The number of amides is 4. The van der Waals surface area contributed by atoms with Crippen molar-refractivity contribution in [3.63, 3.8) is 0 Å². The summed E-state index contributed by atoms with van der Waals surface area (Å²) < 4.78 is 11.4. The molecule has 2 heterocycles. The molecule has 1 saturated heterocycles. The first-order chi connectivity index (χ1) is 20.7. The minimum Gasteiger partial charge on any atom is -0.491 e. The molecule has 0 unspecified atom stereocenters. The lowest BCUT2D eigenvalue weighted by atomic mass is 10.0. The van der Waals surface area contributed by atoms with E-state index in [-0.39, 0.29) is 43.0 Å². The standard InChI is InChI=1S/C32H43N5O6/c1-21(2)16-25-20-43-28-7-5-4-6-26(28)31(40)36-27(17-29(38)34-22(3)30(39)35-25)32(41)33-18-23-8-10-24(11-9-23)19-37-12-14-42-15-13-37/h4-11,21-22,25,27H,12-20H2,1-3H3,(H,33,41)(H,34,38)(H,35,39)(H,36,40)/t22-,25-,27-/m0/s1. The molecule has 0 aromatic heterocycles. The van der Waals surface area contributed by atoms with E-state index in [0.717, 1.165) is 38.4 Å². The highest BCUT2D eigenvalue weighted by Crippen LogP contribution is 2.20. The molecule has 0 bridgehead atoms. The molecule has 43 heavy (non-hydrogen) atoms. The number of hydrogen-bond donors (Lipinski definition) is 4. The predicted molar refractivity (Wildman–Crippen MR) is 161 cm³/mol. The van der Waals surface area contributed by atoms with Crippen molar-refractivity contribution in [3.8, 4) is 5.75 Å². The predicted octanol–water partition coefficient (Wildman–Crippen LogP) is 1.75. The van der Waals surface area contributed by atoms with Gasteiger partial charge in [-0.25, -0.2) is 0 Å². The van der Waals surface area contributed by atoms with Crippen molar-refractivity contribution < 1.29 is 28.7 Å². The van der Waals surface area contributed by atoms with Gasteiger partial charge in [-0.15, -0.1) is 0 Å². The molecule has 232 valence electrons. The van der Waals surface area contributed by atoms with Gasteiger partial charge in [0.25, 0.3) is 5.91 Å². The molecule has 0 radical (unpaired) electrons. The van der Waals surface area contributed by atoms with Gasteiger partial charge >= 0.3 is 0 Å². The highest BCUT2D eigenvalue weighted by molar-refractivity contribution is 6.01. The van der Waals surface area contributed by atoms with Crippen LogP contribution in [0.25, 0.3) is 0 Å². The Hall–Kier alpha value is -3.96. The van der Waals surface area contributed by atoms with Crippen molar-refractivity contribution in [2.75, 3.05) is 32.9 Å². The van der Waals surface area contributed by atoms with Gasteiger partial charge in [-0.05, 0) is 42.5 Å². The second-order valence-corrected chi connectivity index (χ2v) is 11.6. The number of carbonyl (C=O) groups is 4. The van der Waals surface area contributed by atoms with E-state index < -0.39 is 29.8 Å². The Bertz CT molecular complexity index is 1260. The Balaban J connectivity index is 1.45. The Kier molecular flexibility index (Phi) is 11.5. The lowest BCUT2D eigenvalue weighted by Crippen LogP contribution is -2.53. The van der Waals surface area contributed by atoms with Gasteiger partial charge in [0.1, 0.15) is 24.4 Å². The van der Waals surface area contributed by atoms with E-state index in [9.17, 15) is 19.2 Å². The largest absolute Gasteiger partial charge is 0.491 e. The van der Waals surface area contributed by atoms with Gasteiger partial charge in [0.05, 0.1) is 31.2 Å². The number of nitrogens with one attached hydrogen (secondary N) is 4. The number of rotatable bonds is 7. The molecular formula is C32H43N5O6. The molecule has 11 nitrogen and oxygen atoms in total. The molecule has 2 aliphatic heterocycles. The SMILES string of the molecule is CC(C)C[C@H]1COc2ccccc2C(=O)N[C@H](C(=O)NCc2ccc(CN3CCOCC3)cc2)CC(=O)N[C@@H](C)C(=O)N1. The summed E-state index contributed by atoms with van der Waals surface area (Å²) in [4.78, 5) is 54.8. The lowest BCUT2D eigenvalue weighted by Gasteiger charge is -2.26. The molecule has 0 spiro atoms. The molecule has 2 aromatic rings. The van der Waals surface area contributed by atoms with Crippen LogP contribution in [0.3, 0.4) is 0 Å². The van der Waals surface area contributed by atoms with Crippen LogP contribution in [0.15, 0.2) is 48.5 Å². The van der Waals surface area contributed by atoms with Crippen LogP contribution in [0.2, 0.25) is 0 Å². The van der Waals surface area contributed by atoms with Crippen molar-refractivity contribution in [3.05, 3.63) is 65.2 Å². The maximum atomic E-state index is 13.4. The van der Waals surface area contributed by atoms with Crippen LogP contribution in [0, 0.1) is 5.92 Å². The molecular weight excluding hydrogens is 550 g/mol. The van der Waals surface area contributed by atoms with Crippen LogP contribution in [0.4, 0.5) is 0 Å². The third-order valence-electron chi connectivity index (χ3n) is 7.46. The fraction of sp³-hybridized carbons (Fsp3) is 0.500. The number of fused-ring (bicyclic) bond motifs is 1. The van der Waals surface area contributed by atoms with Crippen molar-refractivity contribution in [2.45, 2.75) is 64.8 Å². The van der Waals surface area contributed by atoms with Crippen LogP contribution in [0.5, 0.6) is 5.75 Å². The first-order valence-electron chi connectivity index (χ1n) is 15.0. The average Bonchev–Trinajstić information content (AvgIpc) is 2.99. The van der Waals surface area contributed by atoms with Crippen molar-refractivity contribution in [1.82, 2.24) is 26.2 Å². The monoisotopic (exact) mass is 593 g/mol. The molecule has 2 aliphatic rings. The Labute approximate surface area is 253 Å². The highest BCUT2D eigenvalue weighted by atomic mass is 16.5. The summed E-state index contributed by atoms with van der Waals surface area (Å²) in [5, 5.41) is 11.2. The smallest absolute Gasteiger partial charge is 0.255 e. The summed E-state index contributed by atoms with van der Waals surface area (Å²) in [6, 6.07) is 12.3. The Morgan fingerprint density at radius 2 is 1.67 bits per heavy atom. The van der Waals surface area contributed by atoms with Gasteiger partial charge in [-0.2, -0.15) is 0 Å². The average molecular weight is 594 g/mol. The van der Waals surface area contributed by atoms with Crippen LogP contribution in [0.1, 0.15) is 55.1 Å². The first kappa shape index (κ1) is 32.0. The molecule has 11 heteroatoms. The molecule has 4 N–H and O–H groups in total. The van der Waals surface area contributed by atoms with Gasteiger partial charge in [-0.3, -0.25) is 24.1 Å². The molecule has 1 fully saturated rings. The van der Waals surface area contributed by atoms with Gasteiger partial charge < -0.3 is 30.7 Å². The lowest BCUT2D eigenvalue weighted by molar-refractivity contribution is -0.131. The molecule has 4 rings (SSSR count). The van der Waals surface area contributed by atoms with E-state index in [2.05, 4.69) is 26.2 Å². The molecule has 2 aromatic carbocycles. The molecule has 0 saturated carbocycles. The van der Waals surface area contributed by atoms with E-state index in [0.29, 0.717) is 12.2 Å². The first-order valence-corrected chi connectivity index (χ1v) is 15.0. The van der Waals surface area contributed by atoms with Crippen LogP contribution >= 0.6 is 0 Å². The fourth-order valence-electron chi connectivity index (χ4n) is 5.12. The molecule has 3 atom stereocenters. The van der Waals surface area contributed by atoms with Gasteiger partial charge in [0, 0.05) is 26.2 Å². The van der Waals surface area contributed by atoms with E-state index in [1.165, 1.54) is 5.56 Å². The van der Waals surface area contributed by atoms with E-state index >= 15 is 0 Å². The zero-order chi connectivity index (χ0) is 30.8. The third-order valence-corrected chi connectivity index (χ3v) is 7.46. The van der Waals surface area contributed by atoms with Gasteiger partial charge in [-0.1, -0.05) is 50.2 Å². The normalized spacial score (nSPS) is 22.3. The number of benzene rings is 2. The van der Waals surface area contributed by atoms with E-state index in [1.54, 1.807) is 31.2 Å². The number of para-hydroxylation sites is 1. The second kappa shape index (κ2) is 15.5. The highest BCUT2D eigenvalue weighted by Gasteiger charge is 2.28. The van der Waals surface area contributed by atoms with Crippen molar-refractivity contribution in [2.24, 2.45) is 5.92 Å². The number of carbonyl (C=O) groups excluding carboxylic acids is 4. The number of morpholine rings is 1. The second-order valence-electron chi connectivity index (χ2n) is 11.6. The summed E-state index contributed by atoms with van der Waals surface area (Å²) in [7, 11) is 0. The van der Waals surface area contributed by atoms with Gasteiger partial charge in [0.2, 0.25) is 17.7 Å². The minimum atomic E-state index is -1.17. The topological polar surface area (TPSA) is 138 Å². The minimum absolute atomic E-state index is 0.143. The maximum absolute atomic E-state index is 13.4. The quantitative estimate of drug-likeness (QED) is 0.384. The molecule has 4 amide bonds. The number of ether oxygens (including phenoxy) is 2. The number of hydrogen-bond acceptors (Lipinski definition) is 7. The summed E-state index contributed by atoms with van der Waals surface area (Å²) >= 11 is 0. The van der Waals surface area contributed by atoms with Crippen molar-refractivity contribution >= 4 is 23.6 Å². The summed E-state index contributed by atoms with van der Waals surface area (Å²) in [6.07, 6.45) is 0.311. The zero-order valence-electron chi connectivity index (χ0n) is 25.2. The van der Waals surface area contributed by atoms with E-state index in [4.69, 9.17) is 9.47 Å². The summed E-state index contributed by atoms with van der Waals surface area (Å²) in [6.45, 7) is 10.1. The van der Waals surface area contributed by atoms with Crippen LogP contribution in [-0.2, 0) is 32.2 Å². The van der Waals surface area contributed by atoms with Crippen LogP contribution in [-0.4, -0.2) is 79.6 Å². The molecule has 0 aliphatic carbocycles. The Morgan fingerprint density at radius 3 is 2.40 bits per heavy atom. The summed E-state index contributed by atoms with van der Waals surface area (Å²) in [5.41, 5.74) is 2.29. The Morgan fingerprint density at radius 1 is 0.977 bits per heavy atom. The number of nitrogens with zero attached hydrogens (tertiary/aromatic N) is 1. The van der Waals surface area contributed by atoms with Crippen molar-refractivity contribution in [1.29, 1.82) is 0 Å². The fourth-order valence-corrected chi connectivity index (χ4v) is 5.12. The third kappa shape index (κ3) is 9.79. The summed E-state index contributed by atoms with van der Waals surface area (Å²) in [5.74, 6) is -1.32.